The number of hydrogen-bond donors (Lipinski definition) is 1. The van der Waals surface area contributed by atoms with Gasteiger partial charge in [0.25, 0.3) is 0 Å². The molecule has 1 N–H and O–H groups in total. The molecule has 1 fully saturated rings. The maximum Gasteiger partial charge on any atom is 0.0472 e. The molecule has 1 rings (SSSR count). The van der Waals surface area contributed by atoms with Crippen molar-refractivity contribution in [2.75, 3.05) is 60.0 Å². The lowest BCUT2D eigenvalue weighted by Crippen LogP contribution is -2.51. The van der Waals surface area contributed by atoms with Crippen LogP contribution in [0.2, 0.25) is 0 Å². The van der Waals surface area contributed by atoms with Crippen LogP contribution < -0.4 is 5.32 Å². The zero-order valence-corrected chi connectivity index (χ0v) is 15.0. The van der Waals surface area contributed by atoms with Crippen LogP contribution in [-0.4, -0.2) is 75.9 Å². The molecule has 0 bridgehead atoms. The van der Waals surface area contributed by atoms with Gasteiger partial charge in [-0.25, -0.2) is 0 Å². The normalized spacial score (nSPS) is 20.1. The topological polar surface area (TPSA) is 27.7 Å². The predicted octanol–water partition coefficient (Wildman–Crippen LogP) is 2.05. The third-order valence-electron chi connectivity index (χ3n) is 4.68. The summed E-state index contributed by atoms with van der Waals surface area (Å²) in [6.45, 7) is 14.4. The molecule has 1 heterocycles. The summed E-state index contributed by atoms with van der Waals surface area (Å²) in [6, 6.07) is 0.607. The fourth-order valence-corrected chi connectivity index (χ4v) is 3.38. The first-order chi connectivity index (χ1) is 10.0. The first-order valence-corrected chi connectivity index (χ1v) is 8.70. The van der Waals surface area contributed by atoms with E-state index in [-0.39, 0.29) is 0 Å². The van der Waals surface area contributed by atoms with Crippen LogP contribution in [0.25, 0.3) is 0 Å². The van der Waals surface area contributed by atoms with Gasteiger partial charge >= 0.3 is 0 Å². The number of hydrogen-bond acceptors (Lipinski definition) is 4. The van der Waals surface area contributed by atoms with Crippen molar-refractivity contribution in [2.24, 2.45) is 5.41 Å². The Morgan fingerprint density at radius 3 is 2.38 bits per heavy atom. The predicted molar refractivity (Wildman–Crippen MR) is 90.9 cm³/mol. The zero-order valence-electron chi connectivity index (χ0n) is 15.0. The molecule has 1 atom stereocenters. The van der Waals surface area contributed by atoms with Gasteiger partial charge in [-0.1, -0.05) is 13.8 Å². The van der Waals surface area contributed by atoms with Gasteiger partial charge in [-0.2, -0.15) is 0 Å². The molecule has 0 spiro atoms. The number of nitrogens with one attached hydrogen (secondary N) is 1. The van der Waals surface area contributed by atoms with Gasteiger partial charge in [-0.05, 0) is 58.8 Å². The Morgan fingerprint density at radius 1 is 1.19 bits per heavy atom. The summed E-state index contributed by atoms with van der Waals surface area (Å²) in [5, 5.41) is 3.66. The fourth-order valence-electron chi connectivity index (χ4n) is 3.38. The van der Waals surface area contributed by atoms with Gasteiger partial charge in [0, 0.05) is 38.9 Å². The molecular weight excluding hydrogens is 262 g/mol. The molecule has 0 radical (unpaired) electrons. The molecular formula is C17H37N3O. The Balaban J connectivity index is 2.63. The van der Waals surface area contributed by atoms with Crippen molar-refractivity contribution in [3.8, 4) is 0 Å². The Labute approximate surface area is 132 Å². The van der Waals surface area contributed by atoms with E-state index in [1.165, 1.54) is 25.8 Å². The van der Waals surface area contributed by atoms with Gasteiger partial charge in [-0.15, -0.1) is 0 Å². The molecule has 126 valence electrons. The molecule has 1 aliphatic rings. The Kier molecular flexibility index (Phi) is 8.79. The second kappa shape index (κ2) is 9.78. The van der Waals surface area contributed by atoms with E-state index in [1.807, 2.05) is 0 Å². The van der Waals surface area contributed by atoms with E-state index < -0.39 is 0 Å². The van der Waals surface area contributed by atoms with Crippen LogP contribution >= 0.6 is 0 Å². The van der Waals surface area contributed by atoms with Crippen LogP contribution in [0.15, 0.2) is 0 Å². The van der Waals surface area contributed by atoms with Crippen molar-refractivity contribution < 1.29 is 4.74 Å². The highest BCUT2D eigenvalue weighted by Gasteiger charge is 2.34. The van der Waals surface area contributed by atoms with E-state index in [0.717, 1.165) is 39.4 Å². The fraction of sp³-hybridized carbons (Fsp3) is 1.00. The average Bonchev–Trinajstić information content (AvgIpc) is 2.45. The van der Waals surface area contributed by atoms with E-state index in [0.29, 0.717) is 11.5 Å². The average molecular weight is 300 g/mol. The van der Waals surface area contributed by atoms with E-state index in [9.17, 15) is 0 Å². The molecule has 1 unspecified atom stereocenters. The Hall–Kier alpha value is -0.160. The van der Waals surface area contributed by atoms with Gasteiger partial charge in [0.05, 0.1) is 0 Å². The molecule has 0 saturated carbocycles. The Morgan fingerprint density at radius 2 is 1.86 bits per heavy atom. The van der Waals surface area contributed by atoms with Crippen LogP contribution in [0, 0.1) is 5.41 Å². The van der Waals surface area contributed by atoms with Crippen molar-refractivity contribution >= 4 is 0 Å². The van der Waals surface area contributed by atoms with Crippen molar-refractivity contribution in [3.63, 3.8) is 0 Å². The van der Waals surface area contributed by atoms with Crippen molar-refractivity contribution in [3.05, 3.63) is 0 Å². The first-order valence-electron chi connectivity index (χ1n) is 8.70. The lowest BCUT2D eigenvalue weighted by molar-refractivity contribution is -0.0112. The molecule has 4 nitrogen and oxygen atoms in total. The Bertz CT molecular complexity index is 265. The molecule has 0 amide bonds. The van der Waals surface area contributed by atoms with E-state index >= 15 is 0 Å². The summed E-state index contributed by atoms with van der Waals surface area (Å²) in [7, 11) is 4.33. The second-order valence-electron chi connectivity index (χ2n) is 6.96. The summed E-state index contributed by atoms with van der Waals surface area (Å²) in [6.07, 6.45) is 3.59. The molecule has 0 aromatic rings. The van der Waals surface area contributed by atoms with Gasteiger partial charge in [0.2, 0.25) is 0 Å². The van der Waals surface area contributed by atoms with Crippen LogP contribution in [0.3, 0.4) is 0 Å². The maximum absolute atomic E-state index is 5.62. The first kappa shape index (κ1) is 18.9. The molecule has 0 aliphatic carbocycles. The third kappa shape index (κ3) is 6.64. The number of nitrogens with zero attached hydrogens (tertiary/aromatic N) is 2. The minimum Gasteiger partial charge on any atom is -0.381 e. The molecule has 4 heteroatoms. The van der Waals surface area contributed by atoms with E-state index in [1.54, 1.807) is 0 Å². The second-order valence-corrected chi connectivity index (χ2v) is 6.96. The highest BCUT2D eigenvalue weighted by molar-refractivity contribution is 4.88. The van der Waals surface area contributed by atoms with Crippen molar-refractivity contribution in [1.82, 2.24) is 15.1 Å². The minimum atomic E-state index is 0.393. The summed E-state index contributed by atoms with van der Waals surface area (Å²) in [4.78, 5) is 4.94. The molecule has 0 aromatic heterocycles. The smallest absolute Gasteiger partial charge is 0.0472 e. The monoisotopic (exact) mass is 299 g/mol. The quantitative estimate of drug-likeness (QED) is 0.625. The highest BCUT2D eigenvalue weighted by atomic mass is 16.5. The van der Waals surface area contributed by atoms with Crippen LogP contribution in [0.5, 0.6) is 0 Å². The van der Waals surface area contributed by atoms with Crippen molar-refractivity contribution in [1.29, 1.82) is 0 Å². The van der Waals surface area contributed by atoms with Gasteiger partial charge in [0.1, 0.15) is 0 Å². The highest BCUT2D eigenvalue weighted by Crippen LogP contribution is 2.31. The SMILES string of the molecule is CCCNCC1(CN(CC)C(C)CN(C)C)CCOCC1. The zero-order chi connectivity index (χ0) is 15.7. The summed E-state index contributed by atoms with van der Waals surface area (Å²) < 4.78 is 5.62. The van der Waals surface area contributed by atoms with Gasteiger partial charge in [-0.3, -0.25) is 4.90 Å². The standard InChI is InChI=1S/C17H37N3O/c1-6-10-18-14-17(8-11-21-12-9-17)15-20(7-2)16(3)13-19(4)5/h16,18H,6-15H2,1-5H3. The molecule has 1 saturated heterocycles. The van der Waals surface area contributed by atoms with Gasteiger partial charge in [0.15, 0.2) is 0 Å². The van der Waals surface area contributed by atoms with E-state index in [4.69, 9.17) is 4.74 Å². The summed E-state index contributed by atoms with van der Waals surface area (Å²) >= 11 is 0. The van der Waals surface area contributed by atoms with E-state index in [2.05, 4.69) is 50.0 Å². The molecule has 0 aromatic carbocycles. The minimum absolute atomic E-state index is 0.393. The molecule has 21 heavy (non-hydrogen) atoms. The van der Waals surface area contributed by atoms with Crippen molar-refractivity contribution in [2.45, 2.75) is 46.1 Å². The number of ether oxygens (including phenoxy) is 1. The lowest BCUT2D eigenvalue weighted by Gasteiger charge is -2.43. The summed E-state index contributed by atoms with van der Waals surface area (Å²) in [5.74, 6) is 0. The third-order valence-corrected chi connectivity index (χ3v) is 4.68. The molecule has 1 aliphatic heterocycles. The number of rotatable bonds is 10. The number of likely N-dealkylation sites (N-methyl/N-ethyl adjacent to an activating group) is 2. The largest absolute Gasteiger partial charge is 0.381 e. The van der Waals surface area contributed by atoms with Crippen LogP contribution in [0.4, 0.5) is 0 Å². The van der Waals surface area contributed by atoms with Crippen LogP contribution in [0.1, 0.15) is 40.0 Å². The lowest BCUT2D eigenvalue weighted by atomic mass is 9.79. The van der Waals surface area contributed by atoms with Crippen LogP contribution in [-0.2, 0) is 4.74 Å². The van der Waals surface area contributed by atoms with Gasteiger partial charge < -0.3 is 15.0 Å². The summed E-state index contributed by atoms with van der Waals surface area (Å²) in [5.41, 5.74) is 0.393. The maximum atomic E-state index is 5.62.